The molecule has 9 nitrogen and oxygen atoms in total. The summed E-state index contributed by atoms with van der Waals surface area (Å²) in [5, 5.41) is 14.9. The first kappa shape index (κ1) is 20.9. The number of carbonyl (C=O) groups excluding carboxylic acids is 3. The Morgan fingerprint density at radius 1 is 1.00 bits per heavy atom. The van der Waals surface area contributed by atoms with Gasteiger partial charge in [-0.2, -0.15) is 0 Å². The number of hydrogen-bond donors (Lipinski definition) is 4. The molecule has 4 N–H and O–H groups in total. The van der Waals surface area contributed by atoms with Crippen LogP contribution < -0.4 is 25.4 Å². The second kappa shape index (κ2) is 9.40. The molecule has 0 saturated heterocycles. The van der Waals surface area contributed by atoms with E-state index >= 15 is 0 Å². The molecule has 0 heterocycles. The highest BCUT2D eigenvalue weighted by molar-refractivity contribution is 6.02. The smallest absolute Gasteiger partial charge is 0.326 e. The summed E-state index contributed by atoms with van der Waals surface area (Å²) in [5.74, 6) is -0.856. The monoisotopic (exact) mass is 364 g/mol. The molecule has 0 aliphatic rings. The van der Waals surface area contributed by atoms with E-state index in [1.54, 1.807) is 0 Å². The Hall–Kier alpha value is -3.10. The van der Waals surface area contributed by atoms with Gasteiger partial charge in [-0.1, -0.05) is 13.8 Å². The molecule has 26 heavy (non-hydrogen) atoms. The Morgan fingerprint density at radius 2 is 1.46 bits per heavy atom. The number of hydrogen-bond acceptors (Lipinski definition) is 6. The molecule has 2 amide bonds. The lowest BCUT2D eigenvalue weighted by atomic mass is 10.0. The number of anilines is 1. The number of amides is 2. The lowest BCUT2D eigenvalue weighted by molar-refractivity contribution is -0.132. The first-order valence-electron chi connectivity index (χ1n) is 8.13. The lowest BCUT2D eigenvalue weighted by Gasteiger charge is -2.20. The standard InChI is InChI=1S/C17H24N4O5/c1-6-11-13(25-9(3)22)8-14(26-10(4)23)12(7-2)15(11)20-17(24)21-16(18)19-5/h8H,6-7H2,1-5H3,(H4,18,19,20,21,24). The SMILES string of the molecule is CCc1c(OC(C)=O)cc(OC(C)=O)c(CC)c1NC(=O)NC(=N)NC. The Kier molecular flexibility index (Phi) is 7.57. The second-order valence-corrected chi connectivity index (χ2v) is 5.30. The van der Waals surface area contributed by atoms with Gasteiger partial charge in [-0.05, 0) is 12.8 Å². The maximum absolute atomic E-state index is 12.2. The summed E-state index contributed by atoms with van der Waals surface area (Å²) in [7, 11) is 1.50. The molecular weight excluding hydrogens is 340 g/mol. The topological polar surface area (TPSA) is 130 Å². The van der Waals surface area contributed by atoms with Gasteiger partial charge in [-0.25, -0.2) is 4.79 Å². The van der Waals surface area contributed by atoms with Crippen LogP contribution in [0.25, 0.3) is 0 Å². The summed E-state index contributed by atoms with van der Waals surface area (Å²) in [5.41, 5.74) is 1.55. The number of urea groups is 1. The van der Waals surface area contributed by atoms with E-state index in [-0.39, 0.29) is 17.5 Å². The van der Waals surface area contributed by atoms with Gasteiger partial charge in [-0.15, -0.1) is 0 Å². The normalized spacial score (nSPS) is 9.88. The predicted molar refractivity (Wildman–Crippen MR) is 96.8 cm³/mol. The van der Waals surface area contributed by atoms with Crippen LogP contribution in [0.1, 0.15) is 38.8 Å². The van der Waals surface area contributed by atoms with Crippen LogP contribution >= 0.6 is 0 Å². The van der Waals surface area contributed by atoms with Crippen molar-refractivity contribution in [2.45, 2.75) is 40.5 Å². The van der Waals surface area contributed by atoms with Crippen molar-refractivity contribution >= 4 is 29.6 Å². The average Bonchev–Trinajstić information content (AvgIpc) is 2.53. The predicted octanol–water partition coefficient (Wildman–Crippen LogP) is 1.94. The molecular formula is C17H24N4O5. The van der Waals surface area contributed by atoms with Crippen molar-refractivity contribution in [3.8, 4) is 11.5 Å². The summed E-state index contributed by atoms with van der Waals surface area (Å²) in [6.07, 6.45) is 0.907. The Morgan fingerprint density at radius 3 is 1.81 bits per heavy atom. The van der Waals surface area contributed by atoms with Gasteiger partial charge < -0.3 is 20.1 Å². The molecule has 1 aromatic rings. The van der Waals surface area contributed by atoms with Crippen molar-refractivity contribution in [1.29, 1.82) is 5.41 Å². The molecule has 0 fully saturated rings. The fourth-order valence-corrected chi connectivity index (χ4v) is 2.39. The van der Waals surface area contributed by atoms with Crippen molar-refractivity contribution in [3.63, 3.8) is 0 Å². The highest BCUT2D eigenvalue weighted by Crippen LogP contribution is 2.38. The minimum Gasteiger partial charge on any atom is -0.426 e. The number of esters is 2. The number of benzene rings is 1. The molecule has 0 aromatic heterocycles. The quantitative estimate of drug-likeness (QED) is 0.273. The maximum Gasteiger partial charge on any atom is 0.326 e. The van der Waals surface area contributed by atoms with Crippen molar-refractivity contribution in [2.75, 3.05) is 12.4 Å². The van der Waals surface area contributed by atoms with Crippen LogP contribution in [0.15, 0.2) is 6.07 Å². The first-order valence-corrected chi connectivity index (χ1v) is 8.13. The number of nitrogens with one attached hydrogen (secondary N) is 4. The molecule has 0 atom stereocenters. The zero-order valence-electron chi connectivity index (χ0n) is 15.5. The van der Waals surface area contributed by atoms with Crippen molar-refractivity contribution in [1.82, 2.24) is 10.6 Å². The molecule has 9 heteroatoms. The van der Waals surface area contributed by atoms with E-state index in [1.165, 1.54) is 27.0 Å². The summed E-state index contributed by atoms with van der Waals surface area (Å²) in [6.45, 7) is 6.19. The average molecular weight is 364 g/mol. The van der Waals surface area contributed by atoms with E-state index in [0.29, 0.717) is 29.7 Å². The molecule has 1 rings (SSSR count). The van der Waals surface area contributed by atoms with E-state index in [4.69, 9.17) is 14.9 Å². The highest BCUT2D eigenvalue weighted by Gasteiger charge is 2.22. The zero-order chi connectivity index (χ0) is 19.9. The Labute approximate surface area is 151 Å². The molecule has 1 aromatic carbocycles. The number of guanidine groups is 1. The summed E-state index contributed by atoms with van der Waals surface area (Å²) in [6, 6.07) is 0.821. The number of carbonyl (C=O) groups is 3. The maximum atomic E-state index is 12.2. The molecule has 0 aliphatic heterocycles. The molecule has 0 unspecified atom stereocenters. The summed E-state index contributed by atoms with van der Waals surface area (Å²) < 4.78 is 10.5. The van der Waals surface area contributed by atoms with Crippen LogP contribution in [0.4, 0.5) is 10.5 Å². The van der Waals surface area contributed by atoms with E-state index < -0.39 is 18.0 Å². The third-order valence-corrected chi connectivity index (χ3v) is 3.40. The number of ether oxygens (including phenoxy) is 2. The van der Waals surface area contributed by atoms with E-state index in [0.717, 1.165) is 0 Å². The lowest BCUT2D eigenvalue weighted by Crippen LogP contribution is -2.41. The van der Waals surface area contributed by atoms with Crippen LogP contribution in [0.2, 0.25) is 0 Å². The minimum atomic E-state index is -0.650. The van der Waals surface area contributed by atoms with Crippen LogP contribution in [0.5, 0.6) is 11.5 Å². The molecule has 142 valence electrons. The third kappa shape index (κ3) is 5.47. The molecule has 0 radical (unpaired) electrons. The van der Waals surface area contributed by atoms with Gasteiger partial charge >= 0.3 is 18.0 Å². The van der Waals surface area contributed by atoms with Crippen LogP contribution in [0.3, 0.4) is 0 Å². The van der Waals surface area contributed by atoms with Crippen LogP contribution in [0, 0.1) is 5.41 Å². The van der Waals surface area contributed by atoms with Gasteiger partial charge in [0.1, 0.15) is 11.5 Å². The van der Waals surface area contributed by atoms with Crippen molar-refractivity contribution in [3.05, 3.63) is 17.2 Å². The fraction of sp³-hybridized carbons (Fsp3) is 0.412. The fourth-order valence-electron chi connectivity index (χ4n) is 2.39. The second-order valence-electron chi connectivity index (χ2n) is 5.30. The first-order chi connectivity index (χ1) is 12.2. The van der Waals surface area contributed by atoms with Gasteiger partial charge in [0.25, 0.3) is 0 Å². The van der Waals surface area contributed by atoms with E-state index in [9.17, 15) is 14.4 Å². The molecule has 0 aliphatic carbocycles. The van der Waals surface area contributed by atoms with E-state index in [2.05, 4.69) is 16.0 Å². The Balaban J connectivity index is 3.49. The van der Waals surface area contributed by atoms with Gasteiger partial charge in [-0.3, -0.25) is 20.3 Å². The van der Waals surface area contributed by atoms with Gasteiger partial charge in [0.15, 0.2) is 5.96 Å². The summed E-state index contributed by atoms with van der Waals surface area (Å²) in [4.78, 5) is 35.0. The van der Waals surface area contributed by atoms with Crippen molar-refractivity contribution < 1.29 is 23.9 Å². The number of rotatable bonds is 5. The van der Waals surface area contributed by atoms with Gasteiger partial charge in [0, 0.05) is 38.1 Å². The van der Waals surface area contributed by atoms with Gasteiger partial charge in [0.2, 0.25) is 0 Å². The Bertz CT molecular complexity index is 688. The third-order valence-electron chi connectivity index (χ3n) is 3.40. The highest BCUT2D eigenvalue weighted by atomic mass is 16.5. The molecule has 0 spiro atoms. The molecule has 0 bridgehead atoms. The molecule has 0 saturated carbocycles. The summed E-state index contributed by atoms with van der Waals surface area (Å²) >= 11 is 0. The van der Waals surface area contributed by atoms with E-state index in [1.807, 2.05) is 13.8 Å². The minimum absolute atomic E-state index is 0.185. The zero-order valence-corrected chi connectivity index (χ0v) is 15.5. The van der Waals surface area contributed by atoms with Gasteiger partial charge in [0.05, 0.1) is 5.69 Å². The van der Waals surface area contributed by atoms with Crippen molar-refractivity contribution in [2.24, 2.45) is 0 Å². The largest absolute Gasteiger partial charge is 0.426 e. The van der Waals surface area contributed by atoms with Crippen LogP contribution in [-0.2, 0) is 22.4 Å². The van der Waals surface area contributed by atoms with Crippen LogP contribution in [-0.4, -0.2) is 31.0 Å².